The first kappa shape index (κ1) is 15.9. The highest BCUT2D eigenvalue weighted by atomic mass is 16.4. The summed E-state index contributed by atoms with van der Waals surface area (Å²) < 4.78 is 0. The fraction of sp³-hybridized carbons (Fsp3) is 0.333. The molecular weight excluding hydrogens is 314 g/mol. The molecule has 4 nitrogen and oxygen atoms in total. The summed E-state index contributed by atoms with van der Waals surface area (Å²) in [4.78, 5) is 27.3. The van der Waals surface area contributed by atoms with Crippen molar-refractivity contribution < 1.29 is 14.7 Å². The van der Waals surface area contributed by atoms with E-state index in [1.165, 1.54) is 0 Å². The zero-order valence-electron chi connectivity index (χ0n) is 14.2. The lowest BCUT2D eigenvalue weighted by Crippen LogP contribution is -2.60. The van der Waals surface area contributed by atoms with Gasteiger partial charge in [0.15, 0.2) is 0 Å². The van der Waals surface area contributed by atoms with Crippen molar-refractivity contribution in [2.45, 2.75) is 43.7 Å². The van der Waals surface area contributed by atoms with Crippen molar-refractivity contribution in [3.63, 3.8) is 0 Å². The molecule has 0 saturated heterocycles. The van der Waals surface area contributed by atoms with Crippen molar-refractivity contribution in [2.75, 3.05) is 0 Å². The predicted molar refractivity (Wildman–Crippen MR) is 94.6 cm³/mol. The SMILES string of the molecule is CC1(Cc2ccccc2)C(C(=O)O)c2ccccc2C(=O)N1C1CC1. The monoisotopic (exact) mass is 335 g/mol. The lowest BCUT2D eigenvalue weighted by atomic mass is 9.70. The van der Waals surface area contributed by atoms with E-state index < -0.39 is 17.4 Å². The first-order chi connectivity index (χ1) is 12.0. The molecule has 0 spiro atoms. The topological polar surface area (TPSA) is 57.6 Å². The molecule has 0 radical (unpaired) electrons. The van der Waals surface area contributed by atoms with Crippen molar-refractivity contribution in [3.8, 4) is 0 Å². The summed E-state index contributed by atoms with van der Waals surface area (Å²) in [6, 6.07) is 17.2. The molecule has 128 valence electrons. The second kappa shape index (κ2) is 5.73. The van der Waals surface area contributed by atoms with Crippen LogP contribution >= 0.6 is 0 Å². The van der Waals surface area contributed by atoms with Gasteiger partial charge in [-0.1, -0.05) is 48.5 Å². The van der Waals surface area contributed by atoms with Gasteiger partial charge in [0.25, 0.3) is 5.91 Å². The molecule has 1 fully saturated rings. The summed E-state index contributed by atoms with van der Waals surface area (Å²) in [5.74, 6) is -1.64. The number of benzene rings is 2. The van der Waals surface area contributed by atoms with E-state index in [-0.39, 0.29) is 11.9 Å². The average Bonchev–Trinajstić information content (AvgIpc) is 3.40. The van der Waals surface area contributed by atoms with Gasteiger partial charge in [0.05, 0.1) is 5.54 Å². The molecule has 2 aromatic carbocycles. The van der Waals surface area contributed by atoms with Crippen LogP contribution in [0.25, 0.3) is 0 Å². The normalized spacial score (nSPS) is 25.6. The van der Waals surface area contributed by atoms with Crippen molar-refractivity contribution >= 4 is 11.9 Å². The van der Waals surface area contributed by atoms with Crippen LogP contribution in [0.4, 0.5) is 0 Å². The minimum atomic E-state index is -0.871. The minimum Gasteiger partial charge on any atom is -0.481 e. The van der Waals surface area contributed by atoms with E-state index in [1.807, 2.05) is 48.2 Å². The highest BCUT2D eigenvalue weighted by Crippen LogP contribution is 2.47. The van der Waals surface area contributed by atoms with E-state index in [2.05, 4.69) is 0 Å². The molecule has 2 aromatic rings. The van der Waals surface area contributed by atoms with E-state index >= 15 is 0 Å². The van der Waals surface area contributed by atoms with E-state index in [0.717, 1.165) is 18.4 Å². The van der Waals surface area contributed by atoms with Gasteiger partial charge in [0.2, 0.25) is 0 Å². The zero-order chi connectivity index (χ0) is 17.6. The number of carboxylic acids is 1. The maximum Gasteiger partial charge on any atom is 0.313 e. The van der Waals surface area contributed by atoms with Gasteiger partial charge in [-0.15, -0.1) is 0 Å². The molecule has 2 atom stereocenters. The van der Waals surface area contributed by atoms with Gasteiger partial charge in [0.1, 0.15) is 5.92 Å². The van der Waals surface area contributed by atoms with Crippen molar-refractivity contribution in [1.29, 1.82) is 0 Å². The maximum absolute atomic E-state index is 13.2. The minimum absolute atomic E-state index is 0.0333. The third-order valence-electron chi connectivity index (χ3n) is 5.46. The molecule has 1 aliphatic heterocycles. The Balaban J connectivity index is 1.88. The molecule has 1 aliphatic carbocycles. The Kier molecular flexibility index (Phi) is 3.64. The smallest absolute Gasteiger partial charge is 0.313 e. The molecule has 1 heterocycles. The number of rotatable bonds is 4. The first-order valence-electron chi connectivity index (χ1n) is 8.71. The number of fused-ring (bicyclic) bond motifs is 1. The number of hydrogen-bond acceptors (Lipinski definition) is 2. The van der Waals surface area contributed by atoms with Crippen LogP contribution in [0.15, 0.2) is 54.6 Å². The molecule has 1 N–H and O–H groups in total. The van der Waals surface area contributed by atoms with E-state index in [9.17, 15) is 14.7 Å². The van der Waals surface area contributed by atoms with Crippen LogP contribution in [-0.2, 0) is 11.2 Å². The molecule has 4 heteroatoms. The Morgan fingerprint density at radius 2 is 1.76 bits per heavy atom. The summed E-state index contributed by atoms with van der Waals surface area (Å²) in [7, 11) is 0. The van der Waals surface area contributed by atoms with Crippen LogP contribution in [0.5, 0.6) is 0 Å². The van der Waals surface area contributed by atoms with Crippen molar-refractivity contribution in [3.05, 3.63) is 71.3 Å². The summed E-state index contributed by atoms with van der Waals surface area (Å²) in [6.45, 7) is 1.94. The summed E-state index contributed by atoms with van der Waals surface area (Å²) in [6.07, 6.45) is 2.43. The fourth-order valence-electron chi connectivity index (χ4n) is 4.29. The lowest BCUT2D eigenvalue weighted by molar-refractivity contribution is -0.142. The Morgan fingerprint density at radius 1 is 1.12 bits per heavy atom. The zero-order valence-corrected chi connectivity index (χ0v) is 14.2. The first-order valence-corrected chi connectivity index (χ1v) is 8.71. The Labute approximate surface area is 147 Å². The molecule has 25 heavy (non-hydrogen) atoms. The lowest BCUT2D eigenvalue weighted by Gasteiger charge is -2.49. The van der Waals surface area contributed by atoms with Crippen molar-refractivity contribution in [1.82, 2.24) is 4.90 Å². The Morgan fingerprint density at radius 3 is 2.40 bits per heavy atom. The predicted octanol–water partition coefficient (Wildman–Crippen LogP) is 3.47. The van der Waals surface area contributed by atoms with Crippen LogP contribution in [0.3, 0.4) is 0 Å². The van der Waals surface area contributed by atoms with Gasteiger partial charge in [-0.2, -0.15) is 0 Å². The second-order valence-electron chi connectivity index (χ2n) is 7.28. The number of aliphatic carboxylic acids is 1. The number of carbonyl (C=O) groups is 2. The molecule has 0 aromatic heterocycles. The Bertz CT molecular complexity index is 828. The molecule has 2 unspecified atom stereocenters. The van der Waals surface area contributed by atoms with Gasteiger partial charge in [-0.3, -0.25) is 9.59 Å². The second-order valence-corrected chi connectivity index (χ2v) is 7.28. The number of carbonyl (C=O) groups excluding carboxylic acids is 1. The highest BCUT2D eigenvalue weighted by Gasteiger charge is 2.55. The third kappa shape index (κ3) is 2.53. The highest BCUT2D eigenvalue weighted by molar-refractivity contribution is 6.01. The molecular formula is C21H21NO3. The third-order valence-corrected chi connectivity index (χ3v) is 5.46. The fourth-order valence-corrected chi connectivity index (χ4v) is 4.29. The van der Waals surface area contributed by atoms with Gasteiger partial charge in [-0.25, -0.2) is 0 Å². The van der Waals surface area contributed by atoms with Crippen molar-refractivity contribution in [2.24, 2.45) is 0 Å². The van der Waals surface area contributed by atoms with Crippen LogP contribution in [-0.4, -0.2) is 33.5 Å². The largest absolute Gasteiger partial charge is 0.481 e. The van der Waals surface area contributed by atoms with Crippen LogP contribution < -0.4 is 0 Å². The molecule has 1 amide bonds. The molecule has 0 bridgehead atoms. The number of carboxylic acid groups (broad SMARTS) is 1. The number of hydrogen-bond donors (Lipinski definition) is 1. The van der Waals surface area contributed by atoms with Gasteiger partial charge < -0.3 is 10.0 Å². The molecule has 4 rings (SSSR count). The van der Waals surface area contributed by atoms with E-state index in [4.69, 9.17) is 0 Å². The number of amides is 1. The van der Waals surface area contributed by atoms with Gasteiger partial charge >= 0.3 is 5.97 Å². The van der Waals surface area contributed by atoms with E-state index in [1.54, 1.807) is 18.2 Å². The summed E-state index contributed by atoms with van der Waals surface area (Å²) in [5, 5.41) is 10.1. The average molecular weight is 335 g/mol. The van der Waals surface area contributed by atoms with Crippen LogP contribution in [0, 0.1) is 0 Å². The molecule has 1 saturated carbocycles. The van der Waals surface area contributed by atoms with Crippen LogP contribution in [0.1, 0.15) is 47.2 Å². The van der Waals surface area contributed by atoms with E-state index in [0.29, 0.717) is 17.5 Å². The quantitative estimate of drug-likeness (QED) is 0.931. The Hall–Kier alpha value is -2.62. The summed E-state index contributed by atoms with van der Waals surface area (Å²) in [5.41, 5.74) is 1.44. The molecule has 2 aliphatic rings. The summed E-state index contributed by atoms with van der Waals surface area (Å²) >= 11 is 0. The maximum atomic E-state index is 13.2. The van der Waals surface area contributed by atoms with Gasteiger partial charge in [0, 0.05) is 11.6 Å². The standard InChI is InChI=1S/C21H21NO3/c1-21(13-14-7-3-2-4-8-14)18(20(24)25)16-9-5-6-10-17(16)19(23)22(21)15-11-12-15/h2-10,15,18H,11-13H2,1H3,(H,24,25). The van der Waals surface area contributed by atoms with Gasteiger partial charge in [-0.05, 0) is 43.4 Å². The van der Waals surface area contributed by atoms with Crippen LogP contribution in [0.2, 0.25) is 0 Å². The number of nitrogens with zero attached hydrogens (tertiary/aromatic N) is 1.